The molecule has 2 N–H and O–H groups in total. The normalized spacial score (nSPS) is 24.8. The van der Waals surface area contributed by atoms with Gasteiger partial charge in [-0.15, -0.1) is 0 Å². The molecule has 1 amide bonds. The Morgan fingerprint density at radius 3 is 3.13 bits per heavy atom. The van der Waals surface area contributed by atoms with Gasteiger partial charge in [-0.3, -0.25) is 4.79 Å². The number of amides is 1. The molecule has 0 spiro atoms. The van der Waals surface area contributed by atoms with Gasteiger partial charge in [0.25, 0.3) is 0 Å². The van der Waals surface area contributed by atoms with Crippen LogP contribution < -0.4 is 10.6 Å². The lowest BCUT2D eigenvalue weighted by Gasteiger charge is -2.10. The van der Waals surface area contributed by atoms with Crippen LogP contribution in [0.15, 0.2) is 0 Å². The van der Waals surface area contributed by atoms with E-state index in [0.717, 1.165) is 13.0 Å². The van der Waals surface area contributed by atoms with Crippen molar-refractivity contribution in [1.82, 2.24) is 10.6 Å². The Hall–Kier alpha value is -1.12. The van der Waals surface area contributed by atoms with Gasteiger partial charge < -0.3 is 15.4 Å². The van der Waals surface area contributed by atoms with Crippen LogP contribution in [0.2, 0.25) is 0 Å². The van der Waals surface area contributed by atoms with E-state index in [4.69, 9.17) is 10.00 Å². The van der Waals surface area contributed by atoms with Gasteiger partial charge in [-0.05, 0) is 12.8 Å². The molecule has 1 aliphatic rings. The molecule has 84 valence electrons. The average molecular weight is 211 g/mol. The van der Waals surface area contributed by atoms with E-state index in [2.05, 4.69) is 10.6 Å². The van der Waals surface area contributed by atoms with E-state index in [1.54, 1.807) is 7.11 Å². The molecular formula is C10H17N3O2. The number of nitrogens with zero attached hydrogens (tertiary/aromatic N) is 1. The number of methoxy groups -OCH3 is 1. The molecule has 1 aliphatic heterocycles. The summed E-state index contributed by atoms with van der Waals surface area (Å²) in [7, 11) is 1.65. The zero-order valence-electron chi connectivity index (χ0n) is 8.95. The standard InChI is InChI=1S/C10H17N3O2/c1-15-8-6-9(13-7-8)10(14)12-5-3-2-4-11/h8-9,13H,2-3,5-7H2,1H3,(H,12,14). The van der Waals surface area contributed by atoms with Crippen molar-refractivity contribution >= 4 is 5.91 Å². The Balaban J connectivity index is 2.15. The number of ether oxygens (including phenoxy) is 1. The van der Waals surface area contributed by atoms with Crippen molar-refractivity contribution in [1.29, 1.82) is 5.26 Å². The highest BCUT2D eigenvalue weighted by Gasteiger charge is 2.28. The average Bonchev–Trinajstić information content (AvgIpc) is 2.72. The molecule has 1 rings (SSSR count). The minimum Gasteiger partial charge on any atom is -0.380 e. The van der Waals surface area contributed by atoms with Gasteiger partial charge in [-0.2, -0.15) is 5.26 Å². The van der Waals surface area contributed by atoms with Gasteiger partial charge in [0.1, 0.15) is 0 Å². The van der Waals surface area contributed by atoms with Gasteiger partial charge in [0.15, 0.2) is 0 Å². The van der Waals surface area contributed by atoms with Crippen LogP contribution in [0.5, 0.6) is 0 Å². The van der Waals surface area contributed by atoms with Crippen LogP contribution in [0.25, 0.3) is 0 Å². The van der Waals surface area contributed by atoms with E-state index >= 15 is 0 Å². The number of nitrogens with one attached hydrogen (secondary N) is 2. The molecule has 15 heavy (non-hydrogen) atoms. The molecule has 1 saturated heterocycles. The quantitative estimate of drug-likeness (QED) is 0.617. The van der Waals surface area contributed by atoms with Crippen LogP contribution >= 0.6 is 0 Å². The minimum absolute atomic E-state index is 0.00693. The number of rotatable bonds is 5. The fraction of sp³-hybridized carbons (Fsp3) is 0.800. The van der Waals surface area contributed by atoms with Crippen LogP contribution in [0, 0.1) is 11.3 Å². The van der Waals surface area contributed by atoms with E-state index in [-0.39, 0.29) is 18.1 Å². The van der Waals surface area contributed by atoms with Crippen molar-refractivity contribution in [2.75, 3.05) is 20.2 Å². The number of hydrogen-bond donors (Lipinski definition) is 2. The highest BCUT2D eigenvalue weighted by Crippen LogP contribution is 2.09. The first kappa shape index (κ1) is 12.0. The summed E-state index contributed by atoms with van der Waals surface area (Å²) in [5, 5.41) is 14.2. The summed E-state index contributed by atoms with van der Waals surface area (Å²) in [6.07, 6.45) is 2.06. The Morgan fingerprint density at radius 1 is 1.73 bits per heavy atom. The maximum Gasteiger partial charge on any atom is 0.237 e. The Kier molecular flexibility index (Phi) is 5.08. The van der Waals surface area contributed by atoms with Gasteiger partial charge in [0.05, 0.1) is 18.2 Å². The second kappa shape index (κ2) is 6.38. The molecular weight excluding hydrogens is 194 g/mol. The van der Waals surface area contributed by atoms with E-state index in [9.17, 15) is 4.79 Å². The van der Waals surface area contributed by atoms with Gasteiger partial charge in [-0.25, -0.2) is 0 Å². The van der Waals surface area contributed by atoms with E-state index < -0.39 is 0 Å². The predicted molar refractivity (Wildman–Crippen MR) is 55.1 cm³/mol. The zero-order valence-corrected chi connectivity index (χ0v) is 8.95. The summed E-state index contributed by atoms with van der Waals surface area (Å²) in [6.45, 7) is 1.30. The maximum absolute atomic E-state index is 11.6. The molecule has 0 aromatic rings. The van der Waals surface area contributed by atoms with Gasteiger partial charge in [0.2, 0.25) is 5.91 Å². The zero-order chi connectivity index (χ0) is 11.1. The maximum atomic E-state index is 11.6. The third-order valence-corrected chi connectivity index (χ3v) is 2.50. The topological polar surface area (TPSA) is 74.2 Å². The molecule has 0 aliphatic carbocycles. The third-order valence-electron chi connectivity index (χ3n) is 2.50. The second-order valence-electron chi connectivity index (χ2n) is 3.61. The van der Waals surface area contributed by atoms with Crippen LogP contribution in [0.4, 0.5) is 0 Å². The minimum atomic E-state index is -0.142. The Morgan fingerprint density at radius 2 is 2.53 bits per heavy atom. The molecule has 0 saturated carbocycles. The van der Waals surface area contributed by atoms with E-state index in [0.29, 0.717) is 19.4 Å². The molecule has 0 aromatic heterocycles. The van der Waals surface area contributed by atoms with Crippen molar-refractivity contribution in [2.45, 2.75) is 31.4 Å². The van der Waals surface area contributed by atoms with Gasteiger partial charge >= 0.3 is 0 Å². The van der Waals surface area contributed by atoms with Gasteiger partial charge in [-0.1, -0.05) is 0 Å². The molecule has 2 unspecified atom stereocenters. The fourth-order valence-corrected chi connectivity index (χ4v) is 1.58. The first-order valence-electron chi connectivity index (χ1n) is 5.18. The van der Waals surface area contributed by atoms with Crippen molar-refractivity contribution in [3.63, 3.8) is 0 Å². The monoisotopic (exact) mass is 211 g/mol. The molecule has 0 radical (unpaired) electrons. The summed E-state index contributed by atoms with van der Waals surface area (Å²) in [5.74, 6) is 0.00693. The lowest BCUT2D eigenvalue weighted by atomic mass is 10.2. The highest BCUT2D eigenvalue weighted by atomic mass is 16.5. The fourth-order valence-electron chi connectivity index (χ4n) is 1.58. The van der Waals surface area contributed by atoms with Crippen molar-refractivity contribution in [3.05, 3.63) is 0 Å². The second-order valence-corrected chi connectivity index (χ2v) is 3.61. The van der Waals surface area contributed by atoms with Crippen molar-refractivity contribution in [3.8, 4) is 6.07 Å². The highest BCUT2D eigenvalue weighted by molar-refractivity contribution is 5.82. The first-order chi connectivity index (χ1) is 7.27. The van der Waals surface area contributed by atoms with Crippen LogP contribution in [-0.4, -0.2) is 38.3 Å². The lowest BCUT2D eigenvalue weighted by Crippen LogP contribution is -2.40. The smallest absolute Gasteiger partial charge is 0.237 e. The number of nitriles is 1. The molecule has 1 heterocycles. The lowest BCUT2D eigenvalue weighted by molar-refractivity contribution is -0.122. The summed E-state index contributed by atoms with van der Waals surface area (Å²) in [5.41, 5.74) is 0. The molecule has 5 nitrogen and oxygen atoms in total. The third kappa shape index (κ3) is 3.86. The van der Waals surface area contributed by atoms with Crippen LogP contribution in [0.3, 0.4) is 0 Å². The van der Waals surface area contributed by atoms with Crippen molar-refractivity contribution in [2.24, 2.45) is 0 Å². The number of hydrogen-bond acceptors (Lipinski definition) is 4. The molecule has 0 bridgehead atoms. The Labute approximate surface area is 89.8 Å². The van der Waals surface area contributed by atoms with E-state index in [1.165, 1.54) is 0 Å². The molecule has 5 heteroatoms. The van der Waals surface area contributed by atoms with Crippen molar-refractivity contribution < 1.29 is 9.53 Å². The summed E-state index contributed by atoms with van der Waals surface area (Å²) < 4.78 is 5.15. The molecule has 2 atom stereocenters. The van der Waals surface area contributed by atoms with Gasteiger partial charge in [0, 0.05) is 26.6 Å². The summed E-state index contributed by atoms with van der Waals surface area (Å²) >= 11 is 0. The van der Waals surface area contributed by atoms with E-state index in [1.807, 2.05) is 6.07 Å². The molecule has 1 fully saturated rings. The van der Waals surface area contributed by atoms with Crippen LogP contribution in [-0.2, 0) is 9.53 Å². The number of carbonyl (C=O) groups is 1. The van der Waals surface area contributed by atoms with Crippen LogP contribution in [0.1, 0.15) is 19.3 Å². The number of carbonyl (C=O) groups excluding carboxylic acids is 1. The largest absolute Gasteiger partial charge is 0.380 e. The molecule has 0 aromatic carbocycles. The summed E-state index contributed by atoms with van der Waals surface area (Å²) in [6, 6.07) is 1.90. The predicted octanol–water partition coefficient (Wildman–Crippen LogP) is -0.217. The SMILES string of the molecule is COC1CNC(C(=O)NCCCC#N)C1. The Bertz CT molecular complexity index is 250. The number of unbranched alkanes of at least 4 members (excludes halogenated alkanes) is 1. The first-order valence-corrected chi connectivity index (χ1v) is 5.18. The summed E-state index contributed by atoms with van der Waals surface area (Å²) in [4.78, 5) is 11.6.